The van der Waals surface area contributed by atoms with Gasteiger partial charge in [0.1, 0.15) is 5.75 Å². The number of aryl methyl sites for hydroxylation is 1. The van der Waals surface area contributed by atoms with Crippen molar-refractivity contribution in [2.45, 2.75) is 77.7 Å². The van der Waals surface area contributed by atoms with Crippen LogP contribution in [-0.2, 0) is 6.54 Å². The van der Waals surface area contributed by atoms with Crippen LogP contribution in [-0.4, -0.2) is 14.9 Å². The van der Waals surface area contributed by atoms with E-state index in [-0.39, 0.29) is 5.75 Å². The van der Waals surface area contributed by atoms with Gasteiger partial charge in [0.05, 0.1) is 16.4 Å². The molecule has 1 heterocycles. The van der Waals surface area contributed by atoms with Crippen molar-refractivity contribution in [1.29, 1.82) is 0 Å². The zero-order chi connectivity index (χ0) is 23.6. The molecule has 1 N–H and O–H groups in total. The van der Waals surface area contributed by atoms with E-state index >= 15 is 0 Å². The molecule has 0 spiro atoms. The molecule has 178 valence electrons. The summed E-state index contributed by atoms with van der Waals surface area (Å²) in [5.41, 5.74) is 3.13. The molecule has 0 amide bonds. The molecule has 3 rings (SSSR count). The minimum atomic E-state index is 0.111. The molecule has 0 aliphatic heterocycles. The monoisotopic (exact) mass is 506 g/mol. The highest BCUT2D eigenvalue weighted by molar-refractivity contribution is 6.36. The third-order valence-corrected chi connectivity index (χ3v) is 6.73. The quantitative estimate of drug-likeness (QED) is 0.234. The van der Waals surface area contributed by atoms with Crippen molar-refractivity contribution in [3.63, 3.8) is 0 Å². The van der Waals surface area contributed by atoms with Gasteiger partial charge in [0, 0.05) is 27.7 Å². The maximum absolute atomic E-state index is 10.4. The molecular formula is C27H33Cl3N2O. The van der Waals surface area contributed by atoms with E-state index in [4.69, 9.17) is 39.9 Å². The van der Waals surface area contributed by atoms with Gasteiger partial charge in [0.25, 0.3) is 0 Å². The number of hydrogen-bond acceptors (Lipinski definition) is 2. The summed E-state index contributed by atoms with van der Waals surface area (Å²) in [7, 11) is 0. The molecule has 33 heavy (non-hydrogen) atoms. The number of halogens is 3. The zero-order valence-corrected chi connectivity index (χ0v) is 21.6. The van der Waals surface area contributed by atoms with E-state index in [1.54, 1.807) is 18.2 Å². The smallest absolute Gasteiger partial charge is 0.126 e. The Labute approximate surface area is 212 Å². The van der Waals surface area contributed by atoms with Crippen LogP contribution in [0.1, 0.15) is 71.1 Å². The Morgan fingerprint density at radius 1 is 0.727 bits per heavy atom. The second-order valence-corrected chi connectivity index (χ2v) is 9.89. The molecule has 0 atom stereocenters. The van der Waals surface area contributed by atoms with Gasteiger partial charge in [-0.3, -0.25) is 4.68 Å². The molecule has 1 aromatic heterocycles. The number of hydrogen-bond donors (Lipinski definition) is 1. The number of phenolic OH excluding ortho intramolecular Hbond substituents is 1. The maximum Gasteiger partial charge on any atom is 0.126 e. The highest BCUT2D eigenvalue weighted by Gasteiger charge is 2.16. The number of unbranched alkanes of at least 4 members (excludes halogenated alkanes) is 9. The van der Waals surface area contributed by atoms with Crippen LogP contribution < -0.4 is 0 Å². The Morgan fingerprint density at radius 2 is 1.30 bits per heavy atom. The Kier molecular flexibility index (Phi) is 10.4. The van der Waals surface area contributed by atoms with E-state index in [9.17, 15) is 5.11 Å². The lowest BCUT2D eigenvalue weighted by molar-refractivity contribution is 0.476. The minimum Gasteiger partial charge on any atom is -0.507 e. The molecule has 0 radical (unpaired) electrons. The van der Waals surface area contributed by atoms with E-state index in [2.05, 4.69) is 6.92 Å². The lowest BCUT2D eigenvalue weighted by Crippen LogP contribution is -2.03. The van der Waals surface area contributed by atoms with Crippen LogP contribution >= 0.6 is 34.8 Å². The van der Waals surface area contributed by atoms with Crippen LogP contribution in [0.4, 0.5) is 0 Å². The van der Waals surface area contributed by atoms with Gasteiger partial charge in [-0.25, -0.2) is 0 Å². The van der Waals surface area contributed by atoms with Crippen molar-refractivity contribution in [3.05, 3.63) is 57.5 Å². The Bertz CT molecular complexity index is 1030. The number of benzene rings is 2. The fraction of sp³-hybridized carbons (Fsp3) is 0.444. The van der Waals surface area contributed by atoms with Gasteiger partial charge in [0.15, 0.2) is 0 Å². The van der Waals surface area contributed by atoms with Crippen LogP contribution in [0.25, 0.3) is 22.5 Å². The van der Waals surface area contributed by atoms with Gasteiger partial charge in [-0.1, -0.05) is 99.5 Å². The summed E-state index contributed by atoms with van der Waals surface area (Å²) in [4.78, 5) is 0. The van der Waals surface area contributed by atoms with Crippen LogP contribution in [0.2, 0.25) is 15.1 Å². The Hall–Kier alpha value is -1.68. The molecule has 0 unspecified atom stereocenters. The average Bonchev–Trinajstić information content (AvgIpc) is 3.18. The summed E-state index contributed by atoms with van der Waals surface area (Å²) < 4.78 is 1.99. The third kappa shape index (κ3) is 7.67. The van der Waals surface area contributed by atoms with Crippen molar-refractivity contribution in [2.24, 2.45) is 0 Å². The first-order valence-corrected chi connectivity index (χ1v) is 13.1. The topological polar surface area (TPSA) is 38.0 Å². The molecule has 3 aromatic rings. The molecule has 0 aliphatic rings. The van der Waals surface area contributed by atoms with E-state index in [0.717, 1.165) is 24.2 Å². The molecule has 0 fully saturated rings. The van der Waals surface area contributed by atoms with E-state index in [1.807, 2.05) is 22.9 Å². The first-order valence-electron chi connectivity index (χ1n) is 12.0. The predicted molar refractivity (Wildman–Crippen MR) is 142 cm³/mol. The maximum atomic E-state index is 10.4. The van der Waals surface area contributed by atoms with Crippen LogP contribution in [0.15, 0.2) is 42.5 Å². The van der Waals surface area contributed by atoms with E-state index in [0.29, 0.717) is 26.3 Å². The lowest BCUT2D eigenvalue weighted by Gasteiger charge is -2.09. The second kappa shape index (κ2) is 13.3. The fourth-order valence-corrected chi connectivity index (χ4v) is 4.77. The summed E-state index contributed by atoms with van der Waals surface area (Å²) in [6, 6.07) is 12.5. The van der Waals surface area contributed by atoms with E-state index < -0.39 is 0 Å². The molecule has 0 bridgehead atoms. The number of nitrogens with zero attached hydrogens (tertiary/aromatic N) is 2. The third-order valence-electron chi connectivity index (χ3n) is 5.95. The molecule has 0 saturated heterocycles. The summed E-state index contributed by atoms with van der Waals surface area (Å²) in [6.45, 7) is 3.05. The largest absolute Gasteiger partial charge is 0.507 e. The van der Waals surface area contributed by atoms with Gasteiger partial charge >= 0.3 is 0 Å². The second-order valence-electron chi connectivity index (χ2n) is 8.61. The predicted octanol–water partition coefficient (Wildman–Crippen LogP) is 9.80. The normalized spacial score (nSPS) is 11.3. The number of aromatic nitrogens is 2. The SMILES string of the molecule is CCCCCCCCCCCCn1nc(-c2ccc(Cl)cc2O)cc1-c1ccc(Cl)cc1Cl. The van der Waals surface area contributed by atoms with Gasteiger partial charge in [-0.2, -0.15) is 5.10 Å². The first kappa shape index (κ1) is 25.9. The molecular weight excluding hydrogens is 475 g/mol. The summed E-state index contributed by atoms with van der Waals surface area (Å²) >= 11 is 18.6. The van der Waals surface area contributed by atoms with Crippen molar-refractivity contribution < 1.29 is 5.11 Å². The van der Waals surface area contributed by atoms with Crippen LogP contribution in [0.5, 0.6) is 5.75 Å². The number of rotatable bonds is 13. The summed E-state index contributed by atoms with van der Waals surface area (Å²) in [5.74, 6) is 0.111. The first-order chi connectivity index (χ1) is 16.0. The minimum absolute atomic E-state index is 0.111. The van der Waals surface area contributed by atoms with Gasteiger partial charge in [-0.15, -0.1) is 0 Å². The lowest BCUT2D eigenvalue weighted by atomic mass is 10.1. The molecule has 2 aromatic carbocycles. The highest BCUT2D eigenvalue weighted by atomic mass is 35.5. The van der Waals surface area contributed by atoms with Gasteiger partial charge in [0.2, 0.25) is 0 Å². The summed E-state index contributed by atoms with van der Waals surface area (Å²) in [6.07, 6.45) is 12.8. The number of aromatic hydroxyl groups is 1. The molecule has 3 nitrogen and oxygen atoms in total. The molecule has 0 saturated carbocycles. The number of phenols is 1. The average molecular weight is 508 g/mol. The van der Waals surface area contributed by atoms with E-state index in [1.165, 1.54) is 63.9 Å². The highest BCUT2D eigenvalue weighted by Crippen LogP contribution is 2.36. The van der Waals surface area contributed by atoms with Crippen LogP contribution in [0.3, 0.4) is 0 Å². The van der Waals surface area contributed by atoms with Gasteiger partial charge < -0.3 is 5.11 Å². The van der Waals surface area contributed by atoms with Crippen molar-refractivity contribution >= 4 is 34.8 Å². The Balaban J connectivity index is 1.67. The van der Waals surface area contributed by atoms with Crippen LogP contribution in [0, 0.1) is 0 Å². The molecule has 6 heteroatoms. The Morgan fingerprint density at radius 3 is 1.91 bits per heavy atom. The standard InChI is InChI=1S/C27H33Cl3N2O/c1-2-3-4-5-6-7-8-9-10-11-16-32-26(22-14-12-20(28)17-24(22)30)19-25(31-32)23-15-13-21(29)18-27(23)33/h12-15,17-19,33H,2-11,16H2,1H3. The summed E-state index contributed by atoms with van der Waals surface area (Å²) in [5, 5.41) is 16.9. The van der Waals surface area contributed by atoms with Gasteiger partial charge in [-0.05, 0) is 48.9 Å². The molecule has 0 aliphatic carbocycles. The van der Waals surface area contributed by atoms with Crippen molar-refractivity contribution in [3.8, 4) is 28.3 Å². The zero-order valence-electron chi connectivity index (χ0n) is 19.3. The fourth-order valence-electron chi connectivity index (χ4n) is 4.10. The van der Waals surface area contributed by atoms with Crippen molar-refractivity contribution in [2.75, 3.05) is 0 Å². The van der Waals surface area contributed by atoms with Crippen molar-refractivity contribution in [1.82, 2.24) is 9.78 Å².